The third kappa shape index (κ3) is 2.41. The van der Waals surface area contributed by atoms with Crippen molar-refractivity contribution in [1.82, 2.24) is 10.1 Å². The molecule has 0 bridgehead atoms. The van der Waals surface area contributed by atoms with Crippen molar-refractivity contribution in [2.75, 3.05) is 13.7 Å². The molecular formula is C11H19N3O2. The molecule has 1 heterocycles. The molecule has 1 unspecified atom stereocenters. The Kier molecular flexibility index (Phi) is 3.25. The molecule has 1 aliphatic rings. The van der Waals surface area contributed by atoms with Gasteiger partial charge >= 0.3 is 0 Å². The van der Waals surface area contributed by atoms with Gasteiger partial charge in [-0.3, -0.25) is 0 Å². The molecule has 0 spiro atoms. The topological polar surface area (TPSA) is 74.2 Å². The maximum atomic E-state index is 6.03. The first-order valence-corrected chi connectivity index (χ1v) is 5.72. The molecule has 0 aromatic carbocycles. The highest BCUT2D eigenvalue weighted by atomic mass is 16.5. The zero-order chi connectivity index (χ0) is 11.6. The van der Waals surface area contributed by atoms with Crippen LogP contribution in [0, 0.1) is 5.92 Å². The number of rotatable bonds is 5. The zero-order valence-corrected chi connectivity index (χ0v) is 9.90. The summed E-state index contributed by atoms with van der Waals surface area (Å²) in [5, 5.41) is 3.93. The van der Waals surface area contributed by atoms with Crippen LogP contribution in [0.25, 0.3) is 0 Å². The van der Waals surface area contributed by atoms with Gasteiger partial charge in [-0.25, -0.2) is 0 Å². The fraction of sp³-hybridized carbons (Fsp3) is 0.818. The molecule has 5 nitrogen and oxygen atoms in total. The van der Waals surface area contributed by atoms with Crippen molar-refractivity contribution in [2.24, 2.45) is 11.7 Å². The molecule has 1 aromatic heterocycles. The normalized spacial score (nSPS) is 20.4. The Morgan fingerprint density at radius 2 is 2.31 bits per heavy atom. The Balaban J connectivity index is 2.00. The molecule has 90 valence electrons. The van der Waals surface area contributed by atoms with E-state index in [4.69, 9.17) is 15.0 Å². The quantitative estimate of drug-likeness (QED) is 0.815. The van der Waals surface area contributed by atoms with Gasteiger partial charge in [0.25, 0.3) is 0 Å². The summed E-state index contributed by atoms with van der Waals surface area (Å²) >= 11 is 0. The van der Waals surface area contributed by atoms with Gasteiger partial charge in [-0.05, 0) is 25.7 Å². The van der Waals surface area contributed by atoms with Crippen LogP contribution in [0.3, 0.4) is 0 Å². The lowest BCUT2D eigenvalue weighted by Crippen LogP contribution is -2.39. The Morgan fingerprint density at radius 3 is 2.88 bits per heavy atom. The van der Waals surface area contributed by atoms with Gasteiger partial charge < -0.3 is 15.0 Å². The monoisotopic (exact) mass is 225 g/mol. The van der Waals surface area contributed by atoms with Crippen LogP contribution in [-0.4, -0.2) is 23.9 Å². The van der Waals surface area contributed by atoms with Gasteiger partial charge in [0.2, 0.25) is 5.89 Å². The van der Waals surface area contributed by atoms with E-state index in [9.17, 15) is 0 Å². The Labute approximate surface area is 95.3 Å². The van der Waals surface area contributed by atoms with Crippen LogP contribution in [0.2, 0.25) is 0 Å². The first kappa shape index (κ1) is 11.5. The van der Waals surface area contributed by atoms with E-state index in [-0.39, 0.29) is 0 Å². The molecule has 1 fully saturated rings. The molecule has 0 saturated heterocycles. The maximum absolute atomic E-state index is 6.03. The molecule has 16 heavy (non-hydrogen) atoms. The van der Waals surface area contributed by atoms with E-state index >= 15 is 0 Å². The number of hydrogen-bond donors (Lipinski definition) is 1. The summed E-state index contributed by atoms with van der Waals surface area (Å²) in [6.45, 7) is 2.23. The minimum atomic E-state index is -0.671. The van der Waals surface area contributed by atoms with Crippen molar-refractivity contribution in [2.45, 2.75) is 38.1 Å². The van der Waals surface area contributed by atoms with Gasteiger partial charge in [0, 0.05) is 13.5 Å². The maximum Gasteiger partial charge on any atom is 0.226 e. The summed E-state index contributed by atoms with van der Waals surface area (Å²) in [5.41, 5.74) is 5.36. The Bertz CT molecular complexity index is 345. The number of nitrogens with zero attached hydrogens (tertiary/aromatic N) is 2. The van der Waals surface area contributed by atoms with E-state index < -0.39 is 5.54 Å². The summed E-state index contributed by atoms with van der Waals surface area (Å²) in [6, 6.07) is 0. The van der Waals surface area contributed by atoms with Gasteiger partial charge in [0.1, 0.15) is 5.54 Å². The van der Waals surface area contributed by atoms with Gasteiger partial charge in [-0.1, -0.05) is 11.6 Å². The van der Waals surface area contributed by atoms with Crippen molar-refractivity contribution >= 4 is 0 Å². The average Bonchev–Trinajstić information content (AvgIpc) is 2.60. The molecule has 2 rings (SSSR count). The third-order valence-corrected chi connectivity index (χ3v) is 3.11. The Hall–Kier alpha value is -0.940. The first-order chi connectivity index (χ1) is 7.62. The summed E-state index contributed by atoms with van der Waals surface area (Å²) in [7, 11) is 1.61. The fourth-order valence-corrected chi connectivity index (χ4v) is 1.88. The molecule has 1 saturated carbocycles. The van der Waals surface area contributed by atoms with Crippen LogP contribution in [0.15, 0.2) is 4.52 Å². The lowest BCUT2D eigenvalue weighted by molar-refractivity contribution is 0.135. The van der Waals surface area contributed by atoms with E-state index in [1.54, 1.807) is 7.11 Å². The minimum Gasteiger partial charge on any atom is -0.382 e. The average molecular weight is 225 g/mol. The second-order valence-corrected chi connectivity index (χ2v) is 4.86. The number of aromatic nitrogens is 2. The predicted molar refractivity (Wildman–Crippen MR) is 58.8 cm³/mol. The number of nitrogens with two attached hydrogens (primary N) is 1. The second-order valence-electron chi connectivity index (χ2n) is 4.86. The van der Waals surface area contributed by atoms with Crippen LogP contribution < -0.4 is 5.73 Å². The van der Waals surface area contributed by atoms with Gasteiger partial charge in [0.05, 0.1) is 6.61 Å². The number of ether oxygens (including phenoxy) is 1. The molecule has 5 heteroatoms. The summed E-state index contributed by atoms with van der Waals surface area (Å²) in [4.78, 5) is 4.34. The first-order valence-electron chi connectivity index (χ1n) is 5.72. The molecule has 1 atom stereocenters. The molecule has 0 amide bonds. The van der Waals surface area contributed by atoms with Crippen LogP contribution in [0.4, 0.5) is 0 Å². The summed E-state index contributed by atoms with van der Waals surface area (Å²) in [6.07, 6.45) is 4.76. The van der Waals surface area contributed by atoms with Crippen LogP contribution in [-0.2, 0) is 16.7 Å². The van der Waals surface area contributed by atoms with E-state index in [0.29, 0.717) is 18.3 Å². The zero-order valence-electron chi connectivity index (χ0n) is 9.90. The number of methoxy groups -OCH3 is 1. The standard InChI is InChI=1S/C11H19N3O2/c1-11(12,7-15-2)10-13-9(16-14-10)6-8-4-3-5-8/h8H,3-7,12H2,1-2H3. The van der Waals surface area contributed by atoms with Crippen molar-refractivity contribution in [3.05, 3.63) is 11.7 Å². The lowest BCUT2D eigenvalue weighted by atomic mass is 9.83. The van der Waals surface area contributed by atoms with Crippen LogP contribution >= 0.6 is 0 Å². The highest BCUT2D eigenvalue weighted by Gasteiger charge is 2.28. The third-order valence-electron chi connectivity index (χ3n) is 3.11. The van der Waals surface area contributed by atoms with Crippen molar-refractivity contribution < 1.29 is 9.26 Å². The minimum absolute atomic E-state index is 0.384. The van der Waals surface area contributed by atoms with Crippen LogP contribution in [0.1, 0.15) is 37.9 Å². The van der Waals surface area contributed by atoms with Gasteiger partial charge in [0.15, 0.2) is 5.82 Å². The van der Waals surface area contributed by atoms with Gasteiger partial charge in [-0.2, -0.15) is 4.98 Å². The van der Waals surface area contributed by atoms with Crippen molar-refractivity contribution in [3.63, 3.8) is 0 Å². The molecule has 0 aliphatic heterocycles. The molecular weight excluding hydrogens is 206 g/mol. The molecule has 1 aromatic rings. The fourth-order valence-electron chi connectivity index (χ4n) is 1.88. The van der Waals surface area contributed by atoms with Crippen molar-refractivity contribution in [3.8, 4) is 0 Å². The van der Waals surface area contributed by atoms with E-state index in [1.165, 1.54) is 19.3 Å². The molecule has 1 aliphatic carbocycles. The van der Waals surface area contributed by atoms with E-state index in [0.717, 1.165) is 12.3 Å². The van der Waals surface area contributed by atoms with Crippen molar-refractivity contribution in [1.29, 1.82) is 0 Å². The SMILES string of the molecule is COCC(C)(N)c1noc(CC2CCC2)n1. The smallest absolute Gasteiger partial charge is 0.226 e. The van der Waals surface area contributed by atoms with Gasteiger partial charge in [-0.15, -0.1) is 0 Å². The van der Waals surface area contributed by atoms with E-state index in [2.05, 4.69) is 10.1 Å². The second kappa shape index (κ2) is 4.51. The largest absolute Gasteiger partial charge is 0.382 e. The lowest BCUT2D eigenvalue weighted by Gasteiger charge is -2.23. The highest BCUT2D eigenvalue weighted by molar-refractivity contribution is 5.02. The summed E-state index contributed by atoms with van der Waals surface area (Å²) in [5.74, 6) is 1.95. The van der Waals surface area contributed by atoms with E-state index in [1.807, 2.05) is 6.92 Å². The predicted octanol–water partition coefficient (Wildman–Crippen LogP) is 1.23. The molecule has 0 radical (unpaired) electrons. The molecule has 2 N–H and O–H groups in total. The number of hydrogen-bond acceptors (Lipinski definition) is 5. The van der Waals surface area contributed by atoms with Crippen LogP contribution in [0.5, 0.6) is 0 Å². The Morgan fingerprint density at radius 1 is 1.56 bits per heavy atom. The highest BCUT2D eigenvalue weighted by Crippen LogP contribution is 2.29. The summed E-state index contributed by atoms with van der Waals surface area (Å²) < 4.78 is 10.2.